The molecule has 2 heterocycles. The van der Waals surface area contributed by atoms with E-state index in [2.05, 4.69) is 26.7 Å². The number of aryl methyl sites for hydroxylation is 1. The van der Waals surface area contributed by atoms with Gasteiger partial charge >= 0.3 is 5.97 Å². The minimum Gasteiger partial charge on any atom is -0.462 e. The number of hydrogen-bond donors (Lipinski definition) is 0. The van der Waals surface area contributed by atoms with Crippen molar-refractivity contribution in [2.45, 2.75) is 46.6 Å². The number of carbonyl (C=O) groups excluding carboxylic acids is 2. The molecule has 0 N–H and O–H groups in total. The molecular weight excluding hydrogens is 362 g/mol. The highest BCUT2D eigenvalue weighted by atomic mass is 16.5. The molecule has 0 bridgehead atoms. The molecule has 0 fully saturated rings. The average Bonchev–Trinajstić information content (AvgIpc) is 3.26. The van der Waals surface area contributed by atoms with Gasteiger partial charge in [0, 0.05) is 17.7 Å². The van der Waals surface area contributed by atoms with E-state index in [-0.39, 0.29) is 11.8 Å². The Bertz CT molecular complexity index is 984. The van der Waals surface area contributed by atoms with Gasteiger partial charge in [0.05, 0.1) is 23.6 Å². The number of ketones is 1. The molecule has 3 rings (SSSR count). The van der Waals surface area contributed by atoms with Gasteiger partial charge in [-0.05, 0) is 60.7 Å². The van der Waals surface area contributed by atoms with Crippen molar-refractivity contribution in [2.24, 2.45) is 5.92 Å². The summed E-state index contributed by atoms with van der Waals surface area (Å²) in [5.74, 6) is 2.68. The summed E-state index contributed by atoms with van der Waals surface area (Å²) in [6.45, 7) is 7.17. The van der Waals surface area contributed by atoms with Crippen LogP contribution in [0.1, 0.15) is 66.5 Å². The van der Waals surface area contributed by atoms with Gasteiger partial charge in [0.25, 0.3) is 0 Å². The highest BCUT2D eigenvalue weighted by Crippen LogP contribution is 2.31. The molecule has 0 atom stereocenters. The van der Waals surface area contributed by atoms with Crippen LogP contribution in [0.3, 0.4) is 0 Å². The van der Waals surface area contributed by atoms with E-state index in [1.807, 2.05) is 16.7 Å². The Labute approximate surface area is 172 Å². The minimum atomic E-state index is -0.317. The lowest BCUT2D eigenvalue weighted by Gasteiger charge is -2.09. The van der Waals surface area contributed by atoms with Gasteiger partial charge in [-0.2, -0.15) is 0 Å². The molecule has 1 aromatic carbocycles. The summed E-state index contributed by atoms with van der Waals surface area (Å²) in [6, 6.07) is 9.04. The molecule has 1 aliphatic heterocycles. The fourth-order valence-corrected chi connectivity index (χ4v) is 3.54. The number of hydrogen-bond acceptors (Lipinski definition) is 3. The van der Waals surface area contributed by atoms with Gasteiger partial charge in [-0.15, -0.1) is 6.42 Å². The number of terminal acetylenes is 1. The SMILES string of the molecule is C#Cc1ccc(C(=O)c2c(CCC)cc3n2CC=C3C(=O)OCCC(C)C)cc1. The summed E-state index contributed by atoms with van der Waals surface area (Å²) in [5, 5.41) is 0. The Kier molecular flexibility index (Phi) is 6.39. The van der Waals surface area contributed by atoms with Crippen LogP contribution in [0, 0.1) is 18.3 Å². The van der Waals surface area contributed by atoms with E-state index < -0.39 is 0 Å². The second-order valence-corrected chi connectivity index (χ2v) is 7.75. The molecule has 150 valence electrons. The summed E-state index contributed by atoms with van der Waals surface area (Å²) >= 11 is 0. The van der Waals surface area contributed by atoms with E-state index in [1.54, 1.807) is 24.3 Å². The van der Waals surface area contributed by atoms with E-state index in [0.29, 0.717) is 35.9 Å². The summed E-state index contributed by atoms with van der Waals surface area (Å²) in [6.07, 6.45) is 9.78. The molecule has 4 nitrogen and oxygen atoms in total. The van der Waals surface area contributed by atoms with Crippen molar-refractivity contribution in [3.63, 3.8) is 0 Å². The Morgan fingerprint density at radius 3 is 2.59 bits per heavy atom. The molecule has 1 aliphatic rings. The number of esters is 1. The molecule has 0 unspecified atom stereocenters. The smallest absolute Gasteiger partial charge is 0.339 e. The Hall–Kier alpha value is -3.06. The summed E-state index contributed by atoms with van der Waals surface area (Å²) < 4.78 is 7.38. The Balaban J connectivity index is 1.89. The maximum Gasteiger partial charge on any atom is 0.339 e. The summed E-state index contributed by atoms with van der Waals surface area (Å²) in [5.41, 5.74) is 4.27. The first kappa shape index (κ1) is 20.7. The number of aromatic nitrogens is 1. The summed E-state index contributed by atoms with van der Waals surface area (Å²) in [4.78, 5) is 25.8. The van der Waals surface area contributed by atoms with Crippen molar-refractivity contribution < 1.29 is 14.3 Å². The number of rotatable bonds is 8. The average molecular weight is 389 g/mol. The first-order chi connectivity index (χ1) is 14.0. The molecule has 1 aromatic heterocycles. The predicted molar refractivity (Wildman–Crippen MR) is 115 cm³/mol. The topological polar surface area (TPSA) is 48.3 Å². The van der Waals surface area contributed by atoms with Crippen molar-refractivity contribution >= 4 is 17.3 Å². The molecule has 0 aliphatic carbocycles. The van der Waals surface area contributed by atoms with E-state index in [9.17, 15) is 9.59 Å². The number of allylic oxidation sites excluding steroid dienone is 1. The highest BCUT2D eigenvalue weighted by molar-refractivity contribution is 6.18. The van der Waals surface area contributed by atoms with Gasteiger partial charge in [-0.1, -0.05) is 33.1 Å². The lowest BCUT2D eigenvalue weighted by Crippen LogP contribution is -2.12. The van der Waals surface area contributed by atoms with Crippen molar-refractivity contribution in [2.75, 3.05) is 6.61 Å². The second-order valence-electron chi connectivity index (χ2n) is 7.75. The van der Waals surface area contributed by atoms with Crippen LogP contribution in [-0.2, 0) is 22.5 Å². The minimum absolute atomic E-state index is 0.0499. The first-order valence-electron chi connectivity index (χ1n) is 10.2. The zero-order valence-electron chi connectivity index (χ0n) is 17.3. The van der Waals surface area contributed by atoms with Crippen LogP contribution in [0.15, 0.2) is 36.4 Å². The second kappa shape index (κ2) is 8.96. The van der Waals surface area contributed by atoms with Gasteiger partial charge < -0.3 is 9.30 Å². The lowest BCUT2D eigenvalue weighted by molar-refractivity contribution is -0.136. The maximum atomic E-state index is 13.3. The molecule has 4 heteroatoms. The molecule has 0 spiro atoms. The number of carbonyl (C=O) groups is 2. The number of benzene rings is 1. The molecule has 0 radical (unpaired) electrons. The zero-order valence-corrected chi connectivity index (χ0v) is 17.3. The third-order valence-electron chi connectivity index (χ3n) is 5.13. The van der Waals surface area contributed by atoms with Crippen LogP contribution >= 0.6 is 0 Å². The number of nitrogens with zero attached hydrogens (tertiary/aromatic N) is 1. The van der Waals surface area contributed by atoms with Crippen molar-refractivity contribution in [3.8, 4) is 12.3 Å². The van der Waals surface area contributed by atoms with Crippen LogP contribution < -0.4 is 0 Å². The molecule has 0 saturated carbocycles. The van der Waals surface area contributed by atoms with Crippen LogP contribution in [0.4, 0.5) is 0 Å². The molecule has 29 heavy (non-hydrogen) atoms. The van der Waals surface area contributed by atoms with E-state index in [0.717, 1.165) is 36.1 Å². The number of ether oxygens (including phenoxy) is 1. The Morgan fingerprint density at radius 1 is 1.24 bits per heavy atom. The summed E-state index contributed by atoms with van der Waals surface area (Å²) in [7, 11) is 0. The molecular formula is C25H27NO3. The fraction of sp³-hybridized carbons (Fsp3) is 0.360. The van der Waals surface area contributed by atoms with Gasteiger partial charge in [0.1, 0.15) is 0 Å². The first-order valence-corrected chi connectivity index (χ1v) is 10.2. The number of fused-ring (bicyclic) bond motifs is 1. The van der Waals surface area contributed by atoms with Gasteiger partial charge in [0.15, 0.2) is 0 Å². The van der Waals surface area contributed by atoms with E-state index in [4.69, 9.17) is 11.2 Å². The van der Waals surface area contributed by atoms with E-state index >= 15 is 0 Å². The molecule has 2 aromatic rings. The Morgan fingerprint density at radius 2 is 1.97 bits per heavy atom. The third-order valence-corrected chi connectivity index (χ3v) is 5.13. The van der Waals surface area contributed by atoms with E-state index in [1.165, 1.54) is 0 Å². The van der Waals surface area contributed by atoms with Crippen LogP contribution in [0.2, 0.25) is 0 Å². The standard InChI is InChI=1S/C25H27NO3/c1-5-7-20-16-22-21(25(28)29-15-13-17(3)4)12-14-26(22)23(20)24(27)19-10-8-18(6-2)9-11-19/h2,8-12,16-17H,5,7,13-15H2,1,3-4H3. The van der Waals surface area contributed by atoms with Crippen molar-refractivity contribution in [1.29, 1.82) is 0 Å². The van der Waals surface area contributed by atoms with Gasteiger partial charge in [-0.25, -0.2) is 4.79 Å². The van der Waals surface area contributed by atoms with Crippen LogP contribution in [-0.4, -0.2) is 22.9 Å². The van der Waals surface area contributed by atoms with Crippen molar-refractivity contribution in [3.05, 3.63) is 64.5 Å². The third kappa shape index (κ3) is 4.35. The highest BCUT2D eigenvalue weighted by Gasteiger charge is 2.29. The normalized spacial score (nSPS) is 12.4. The largest absolute Gasteiger partial charge is 0.462 e. The van der Waals surface area contributed by atoms with Crippen LogP contribution in [0.5, 0.6) is 0 Å². The van der Waals surface area contributed by atoms with Crippen LogP contribution in [0.25, 0.3) is 5.57 Å². The fourth-order valence-electron chi connectivity index (χ4n) is 3.54. The van der Waals surface area contributed by atoms with Crippen molar-refractivity contribution in [1.82, 2.24) is 4.57 Å². The molecule has 0 amide bonds. The quantitative estimate of drug-likeness (QED) is 0.375. The molecule has 0 saturated heterocycles. The lowest BCUT2D eigenvalue weighted by atomic mass is 10.0. The van der Waals surface area contributed by atoms with Gasteiger partial charge in [0.2, 0.25) is 5.78 Å². The van der Waals surface area contributed by atoms with Gasteiger partial charge in [-0.3, -0.25) is 4.79 Å². The monoisotopic (exact) mass is 389 g/mol. The maximum absolute atomic E-state index is 13.3. The predicted octanol–water partition coefficient (Wildman–Crippen LogP) is 4.64. The zero-order chi connectivity index (χ0) is 21.0.